The Morgan fingerprint density at radius 3 is 2.78 bits per heavy atom. The molecule has 0 aliphatic heterocycles. The molecule has 2 aromatic rings. The van der Waals surface area contributed by atoms with Crippen molar-refractivity contribution in [3.63, 3.8) is 0 Å². The second kappa shape index (κ2) is 4.80. The summed E-state index contributed by atoms with van der Waals surface area (Å²) in [4.78, 5) is 8.24. The molecule has 0 spiro atoms. The molecule has 0 aliphatic carbocycles. The molecule has 4 heteroatoms. The molecular weight excluding hydrogens is 224 g/mol. The molecule has 2 heterocycles. The van der Waals surface area contributed by atoms with Crippen molar-refractivity contribution in [2.45, 2.75) is 33.7 Å². The van der Waals surface area contributed by atoms with Gasteiger partial charge < -0.3 is 10.3 Å². The Labute approximate surface area is 108 Å². The predicted molar refractivity (Wildman–Crippen MR) is 73.9 cm³/mol. The minimum absolute atomic E-state index is 0.318. The number of hydrogen-bond acceptors (Lipinski definition) is 3. The summed E-state index contributed by atoms with van der Waals surface area (Å²) in [7, 11) is 0. The van der Waals surface area contributed by atoms with E-state index in [0.717, 1.165) is 24.2 Å². The predicted octanol–water partition coefficient (Wildman–Crippen LogP) is 2.96. The summed E-state index contributed by atoms with van der Waals surface area (Å²) in [5.41, 5.74) is 8.19. The van der Waals surface area contributed by atoms with Crippen LogP contribution >= 0.6 is 0 Å². The Hall–Kier alpha value is -1.84. The number of anilines is 1. The quantitative estimate of drug-likeness (QED) is 0.903. The highest BCUT2D eigenvalue weighted by atomic mass is 15.0. The van der Waals surface area contributed by atoms with Crippen LogP contribution in [0.25, 0.3) is 11.3 Å². The van der Waals surface area contributed by atoms with Crippen LogP contribution < -0.4 is 5.73 Å². The van der Waals surface area contributed by atoms with Crippen molar-refractivity contribution >= 4 is 5.82 Å². The number of aryl methyl sites for hydroxylation is 1. The summed E-state index contributed by atoms with van der Waals surface area (Å²) < 4.78 is 2.17. The Balaban J connectivity index is 2.23. The van der Waals surface area contributed by atoms with Crippen LogP contribution in [-0.2, 0) is 6.54 Å². The van der Waals surface area contributed by atoms with Crippen LogP contribution in [-0.4, -0.2) is 14.5 Å². The van der Waals surface area contributed by atoms with Gasteiger partial charge in [-0.25, -0.2) is 9.97 Å². The molecule has 0 atom stereocenters. The van der Waals surface area contributed by atoms with Gasteiger partial charge in [-0.3, -0.25) is 0 Å². The zero-order chi connectivity index (χ0) is 13.2. The van der Waals surface area contributed by atoms with Crippen molar-refractivity contribution in [3.05, 3.63) is 30.9 Å². The first-order valence-electron chi connectivity index (χ1n) is 6.18. The highest BCUT2D eigenvalue weighted by Crippen LogP contribution is 2.24. The van der Waals surface area contributed by atoms with E-state index in [1.165, 1.54) is 0 Å². The Morgan fingerprint density at radius 1 is 1.33 bits per heavy atom. The van der Waals surface area contributed by atoms with Crippen LogP contribution in [0.15, 0.2) is 30.9 Å². The number of nitrogen functional groups attached to an aromatic ring is 1. The van der Waals surface area contributed by atoms with E-state index in [0.29, 0.717) is 11.2 Å². The standard InChI is InChI=1S/C14H20N4/c1-14(2,3)5-7-18-10-16-9-12(18)11-4-6-17-13(15)8-11/h4,6,8-10H,5,7H2,1-3H3,(H2,15,17). The third-order valence-corrected chi connectivity index (χ3v) is 2.89. The van der Waals surface area contributed by atoms with E-state index < -0.39 is 0 Å². The number of rotatable bonds is 3. The summed E-state index contributed by atoms with van der Waals surface area (Å²) in [6.07, 6.45) is 6.58. The van der Waals surface area contributed by atoms with E-state index in [4.69, 9.17) is 5.73 Å². The molecule has 0 radical (unpaired) electrons. The van der Waals surface area contributed by atoms with Crippen LogP contribution in [0.2, 0.25) is 0 Å². The third-order valence-electron chi connectivity index (χ3n) is 2.89. The van der Waals surface area contributed by atoms with Gasteiger partial charge in [0.1, 0.15) is 5.82 Å². The molecule has 0 bridgehead atoms. The summed E-state index contributed by atoms with van der Waals surface area (Å²) in [6, 6.07) is 3.84. The summed E-state index contributed by atoms with van der Waals surface area (Å²) in [5, 5.41) is 0. The van der Waals surface area contributed by atoms with Crippen molar-refractivity contribution in [2.75, 3.05) is 5.73 Å². The highest BCUT2D eigenvalue weighted by molar-refractivity contribution is 5.61. The molecule has 2 aromatic heterocycles. The molecule has 0 amide bonds. The molecule has 0 fully saturated rings. The van der Waals surface area contributed by atoms with E-state index >= 15 is 0 Å². The molecular formula is C14H20N4. The van der Waals surface area contributed by atoms with E-state index in [2.05, 4.69) is 35.3 Å². The molecule has 4 nitrogen and oxygen atoms in total. The highest BCUT2D eigenvalue weighted by Gasteiger charge is 2.12. The summed E-state index contributed by atoms with van der Waals surface area (Å²) in [5.74, 6) is 0.538. The first-order chi connectivity index (χ1) is 8.46. The van der Waals surface area contributed by atoms with Gasteiger partial charge >= 0.3 is 0 Å². The number of imidazole rings is 1. The lowest BCUT2D eigenvalue weighted by molar-refractivity contribution is 0.351. The van der Waals surface area contributed by atoms with Crippen molar-refractivity contribution in [2.24, 2.45) is 5.41 Å². The molecule has 2 rings (SSSR count). The fourth-order valence-corrected chi connectivity index (χ4v) is 1.80. The van der Waals surface area contributed by atoms with Gasteiger partial charge in [0.25, 0.3) is 0 Å². The lowest BCUT2D eigenvalue weighted by atomic mass is 9.92. The molecule has 0 unspecified atom stereocenters. The van der Waals surface area contributed by atoms with Gasteiger partial charge in [-0.2, -0.15) is 0 Å². The van der Waals surface area contributed by atoms with Gasteiger partial charge in [-0.15, -0.1) is 0 Å². The first kappa shape index (κ1) is 12.6. The zero-order valence-electron chi connectivity index (χ0n) is 11.2. The summed E-state index contributed by atoms with van der Waals surface area (Å²) >= 11 is 0. The van der Waals surface area contributed by atoms with Gasteiger partial charge in [0.05, 0.1) is 18.2 Å². The topological polar surface area (TPSA) is 56.7 Å². The Bertz CT molecular complexity index is 523. The number of pyridine rings is 1. The molecule has 0 saturated carbocycles. The number of hydrogen-bond donors (Lipinski definition) is 1. The smallest absolute Gasteiger partial charge is 0.123 e. The molecule has 0 saturated heterocycles. The van der Waals surface area contributed by atoms with Gasteiger partial charge in [0, 0.05) is 18.3 Å². The normalized spacial score (nSPS) is 11.7. The minimum atomic E-state index is 0.318. The number of nitrogens with zero attached hydrogens (tertiary/aromatic N) is 3. The largest absolute Gasteiger partial charge is 0.384 e. The average Bonchev–Trinajstić information content (AvgIpc) is 2.73. The Morgan fingerprint density at radius 2 is 2.11 bits per heavy atom. The van der Waals surface area contributed by atoms with Crippen LogP contribution in [0.4, 0.5) is 5.82 Å². The first-order valence-corrected chi connectivity index (χ1v) is 6.18. The second-order valence-electron chi connectivity index (χ2n) is 5.75. The van der Waals surface area contributed by atoms with Crippen LogP contribution in [0.3, 0.4) is 0 Å². The second-order valence-corrected chi connectivity index (χ2v) is 5.75. The van der Waals surface area contributed by atoms with Crippen LogP contribution in [0.5, 0.6) is 0 Å². The Kier molecular flexibility index (Phi) is 3.36. The van der Waals surface area contributed by atoms with E-state index in [1.54, 1.807) is 6.20 Å². The van der Waals surface area contributed by atoms with Crippen molar-refractivity contribution in [3.8, 4) is 11.3 Å². The monoisotopic (exact) mass is 244 g/mol. The van der Waals surface area contributed by atoms with E-state index in [9.17, 15) is 0 Å². The third kappa shape index (κ3) is 3.09. The lowest BCUT2D eigenvalue weighted by Gasteiger charge is -2.19. The lowest BCUT2D eigenvalue weighted by Crippen LogP contribution is -2.10. The maximum absolute atomic E-state index is 5.72. The van der Waals surface area contributed by atoms with Gasteiger partial charge in [0.2, 0.25) is 0 Å². The molecule has 0 aliphatic rings. The fourth-order valence-electron chi connectivity index (χ4n) is 1.80. The molecule has 0 aromatic carbocycles. The molecule has 96 valence electrons. The van der Waals surface area contributed by atoms with Crippen molar-refractivity contribution < 1.29 is 0 Å². The number of nitrogens with two attached hydrogens (primary N) is 1. The van der Waals surface area contributed by atoms with Gasteiger partial charge in [-0.1, -0.05) is 20.8 Å². The maximum atomic E-state index is 5.72. The van der Waals surface area contributed by atoms with Gasteiger partial charge in [0.15, 0.2) is 0 Å². The molecule has 2 N–H and O–H groups in total. The van der Waals surface area contributed by atoms with Crippen LogP contribution in [0, 0.1) is 5.41 Å². The zero-order valence-corrected chi connectivity index (χ0v) is 11.2. The fraction of sp³-hybridized carbons (Fsp3) is 0.429. The van der Waals surface area contributed by atoms with Crippen molar-refractivity contribution in [1.82, 2.24) is 14.5 Å². The minimum Gasteiger partial charge on any atom is -0.384 e. The van der Waals surface area contributed by atoms with E-state index in [-0.39, 0.29) is 0 Å². The van der Waals surface area contributed by atoms with Crippen LogP contribution in [0.1, 0.15) is 27.2 Å². The summed E-state index contributed by atoms with van der Waals surface area (Å²) in [6.45, 7) is 7.69. The average molecular weight is 244 g/mol. The van der Waals surface area contributed by atoms with E-state index in [1.807, 2.05) is 24.7 Å². The number of aromatic nitrogens is 3. The maximum Gasteiger partial charge on any atom is 0.123 e. The van der Waals surface area contributed by atoms with Gasteiger partial charge in [-0.05, 0) is 24.0 Å². The van der Waals surface area contributed by atoms with Crippen molar-refractivity contribution in [1.29, 1.82) is 0 Å². The SMILES string of the molecule is CC(C)(C)CCn1cncc1-c1ccnc(N)c1. The molecule has 18 heavy (non-hydrogen) atoms.